The molecule has 118 valence electrons. The molecule has 0 bridgehead atoms. The van der Waals surface area contributed by atoms with Crippen LogP contribution in [0.25, 0.3) is 0 Å². The fourth-order valence-electron chi connectivity index (χ4n) is 2.56. The van der Waals surface area contributed by atoms with Crippen LogP contribution in [0.5, 0.6) is 11.5 Å². The molecule has 2 aromatic rings. The summed E-state index contributed by atoms with van der Waals surface area (Å²) in [6.07, 6.45) is 0. The van der Waals surface area contributed by atoms with E-state index < -0.39 is 0 Å². The van der Waals surface area contributed by atoms with E-state index in [1.807, 2.05) is 29.0 Å². The van der Waals surface area contributed by atoms with Crippen LogP contribution in [-0.2, 0) is 13.1 Å². The van der Waals surface area contributed by atoms with Gasteiger partial charge in [-0.15, -0.1) is 0 Å². The Labute approximate surface area is 133 Å². The number of likely N-dealkylation sites (N-methyl/N-ethyl adjacent to an activating group) is 1. The summed E-state index contributed by atoms with van der Waals surface area (Å²) in [6.45, 7) is 7.77. The molecule has 3 rings (SSSR count). The topological polar surface area (TPSA) is 43.7 Å². The van der Waals surface area contributed by atoms with E-state index in [0.29, 0.717) is 6.79 Å². The molecule has 1 aliphatic heterocycles. The summed E-state index contributed by atoms with van der Waals surface area (Å²) in [7, 11) is 0. The van der Waals surface area contributed by atoms with Gasteiger partial charge in [-0.3, -0.25) is 9.69 Å². The average molecular weight is 320 g/mol. The van der Waals surface area contributed by atoms with Crippen molar-refractivity contribution in [1.29, 1.82) is 0 Å². The van der Waals surface area contributed by atoms with E-state index >= 15 is 0 Å². The van der Waals surface area contributed by atoms with Crippen molar-refractivity contribution < 1.29 is 9.47 Å². The first-order valence-electron chi connectivity index (χ1n) is 7.43. The summed E-state index contributed by atoms with van der Waals surface area (Å²) in [5, 5.41) is 1.91. The number of fused-ring (bicyclic) bond motifs is 1. The Bertz CT molecular complexity index is 708. The number of aromatic nitrogens is 1. The van der Waals surface area contributed by atoms with E-state index in [0.717, 1.165) is 43.4 Å². The summed E-state index contributed by atoms with van der Waals surface area (Å²) in [6, 6.07) is 6.06. The van der Waals surface area contributed by atoms with Gasteiger partial charge >= 0.3 is 4.87 Å². The molecule has 0 saturated heterocycles. The lowest BCUT2D eigenvalue weighted by Gasteiger charge is -2.21. The minimum absolute atomic E-state index is 0.122. The lowest BCUT2D eigenvalue weighted by molar-refractivity contribution is 0.174. The van der Waals surface area contributed by atoms with Crippen LogP contribution in [0.1, 0.15) is 18.2 Å². The predicted molar refractivity (Wildman–Crippen MR) is 86.8 cm³/mol. The highest BCUT2D eigenvalue weighted by Crippen LogP contribution is 2.32. The van der Waals surface area contributed by atoms with Gasteiger partial charge in [-0.05, 0) is 31.2 Å². The quantitative estimate of drug-likeness (QED) is 0.820. The fraction of sp³-hybridized carbons (Fsp3) is 0.438. The number of rotatable bonds is 6. The molecule has 0 fully saturated rings. The summed E-state index contributed by atoms with van der Waals surface area (Å²) >= 11 is 1.27. The molecule has 0 amide bonds. The van der Waals surface area contributed by atoms with Gasteiger partial charge in [0.2, 0.25) is 6.79 Å². The summed E-state index contributed by atoms with van der Waals surface area (Å²) in [5.74, 6) is 1.63. The van der Waals surface area contributed by atoms with Gasteiger partial charge in [0.05, 0.1) is 0 Å². The summed E-state index contributed by atoms with van der Waals surface area (Å²) in [4.78, 5) is 14.2. The normalized spacial score (nSPS) is 13.0. The van der Waals surface area contributed by atoms with Crippen molar-refractivity contribution in [2.75, 3.05) is 19.9 Å². The standard InChI is InChI=1S/C16H20N2O3S/c1-3-17(6-7-18-12(2)10-22-16(18)19)9-13-4-5-14-15(8-13)21-11-20-14/h4-5,8,10H,3,6-7,9,11H2,1-2H3. The van der Waals surface area contributed by atoms with Gasteiger partial charge in [-0.25, -0.2) is 0 Å². The van der Waals surface area contributed by atoms with Crippen LogP contribution < -0.4 is 14.3 Å². The fourth-order valence-corrected chi connectivity index (χ4v) is 3.32. The molecule has 0 aliphatic carbocycles. The Morgan fingerprint density at radius 3 is 2.86 bits per heavy atom. The van der Waals surface area contributed by atoms with Crippen LogP contribution in [0.2, 0.25) is 0 Å². The minimum atomic E-state index is 0.122. The molecule has 0 N–H and O–H groups in total. The summed E-state index contributed by atoms with van der Waals surface area (Å²) < 4.78 is 12.6. The second-order valence-corrected chi connectivity index (χ2v) is 6.17. The average Bonchev–Trinajstić information content (AvgIpc) is 3.10. The molecule has 22 heavy (non-hydrogen) atoms. The molecule has 0 unspecified atom stereocenters. The van der Waals surface area contributed by atoms with E-state index in [4.69, 9.17) is 9.47 Å². The molecule has 0 saturated carbocycles. The lowest BCUT2D eigenvalue weighted by atomic mass is 10.2. The van der Waals surface area contributed by atoms with E-state index in [1.54, 1.807) is 0 Å². The summed E-state index contributed by atoms with van der Waals surface area (Å²) in [5.41, 5.74) is 2.23. The molecule has 5 nitrogen and oxygen atoms in total. The number of ether oxygens (including phenoxy) is 2. The number of nitrogens with zero attached hydrogens (tertiary/aromatic N) is 2. The third-order valence-corrected chi connectivity index (χ3v) is 4.79. The van der Waals surface area contributed by atoms with E-state index in [-0.39, 0.29) is 4.87 Å². The second-order valence-electron chi connectivity index (χ2n) is 5.35. The molecule has 1 aromatic heterocycles. The van der Waals surface area contributed by atoms with Crippen molar-refractivity contribution in [3.05, 3.63) is 44.5 Å². The number of hydrogen-bond donors (Lipinski definition) is 0. The van der Waals surface area contributed by atoms with Gasteiger partial charge in [0, 0.05) is 30.7 Å². The van der Waals surface area contributed by atoms with Gasteiger partial charge in [0.1, 0.15) is 0 Å². The van der Waals surface area contributed by atoms with Gasteiger partial charge in [0.15, 0.2) is 11.5 Å². The monoisotopic (exact) mass is 320 g/mol. The highest BCUT2D eigenvalue weighted by molar-refractivity contribution is 7.07. The Kier molecular flexibility index (Phi) is 4.49. The van der Waals surface area contributed by atoms with Crippen molar-refractivity contribution in [3.63, 3.8) is 0 Å². The first kappa shape index (κ1) is 15.1. The number of benzene rings is 1. The van der Waals surface area contributed by atoms with Gasteiger partial charge in [0.25, 0.3) is 0 Å². The number of thiazole rings is 1. The second kappa shape index (κ2) is 6.54. The van der Waals surface area contributed by atoms with Crippen molar-refractivity contribution in [1.82, 2.24) is 9.47 Å². The zero-order valence-electron chi connectivity index (χ0n) is 12.9. The van der Waals surface area contributed by atoms with Crippen LogP contribution in [0.3, 0.4) is 0 Å². The van der Waals surface area contributed by atoms with Crippen molar-refractivity contribution in [3.8, 4) is 11.5 Å². The number of hydrogen-bond acceptors (Lipinski definition) is 5. The molecule has 0 radical (unpaired) electrons. The first-order valence-corrected chi connectivity index (χ1v) is 8.31. The van der Waals surface area contributed by atoms with Crippen LogP contribution in [0.15, 0.2) is 28.4 Å². The van der Waals surface area contributed by atoms with Crippen LogP contribution in [-0.4, -0.2) is 29.3 Å². The zero-order chi connectivity index (χ0) is 15.5. The lowest BCUT2D eigenvalue weighted by Crippen LogP contribution is -2.29. The van der Waals surface area contributed by atoms with E-state index in [1.165, 1.54) is 16.9 Å². The molecular weight excluding hydrogens is 300 g/mol. The first-order chi connectivity index (χ1) is 10.7. The highest BCUT2D eigenvalue weighted by atomic mass is 32.1. The highest BCUT2D eigenvalue weighted by Gasteiger charge is 2.14. The maximum absolute atomic E-state index is 11.8. The Morgan fingerprint density at radius 1 is 1.32 bits per heavy atom. The van der Waals surface area contributed by atoms with Gasteiger partial charge < -0.3 is 14.0 Å². The smallest absolute Gasteiger partial charge is 0.307 e. The maximum atomic E-state index is 11.8. The van der Waals surface area contributed by atoms with Crippen LogP contribution in [0, 0.1) is 6.92 Å². The molecule has 1 aromatic carbocycles. The van der Waals surface area contributed by atoms with E-state index in [2.05, 4.69) is 17.9 Å². The third kappa shape index (κ3) is 3.18. The minimum Gasteiger partial charge on any atom is -0.454 e. The molecule has 0 spiro atoms. The van der Waals surface area contributed by atoms with Crippen LogP contribution >= 0.6 is 11.3 Å². The van der Waals surface area contributed by atoms with Crippen LogP contribution in [0.4, 0.5) is 0 Å². The number of aryl methyl sites for hydroxylation is 1. The van der Waals surface area contributed by atoms with Crippen molar-refractivity contribution in [2.24, 2.45) is 0 Å². The Hall–Kier alpha value is -1.79. The van der Waals surface area contributed by atoms with E-state index in [9.17, 15) is 4.79 Å². The molecule has 6 heteroatoms. The van der Waals surface area contributed by atoms with Crippen molar-refractivity contribution >= 4 is 11.3 Å². The molecule has 1 aliphatic rings. The van der Waals surface area contributed by atoms with Crippen molar-refractivity contribution in [2.45, 2.75) is 26.9 Å². The molecule has 2 heterocycles. The molecule has 0 atom stereocenters. The Balaban J connectivity index is 1.63. The Morgan fingerprint density at radius 2 is 2.14 bits per heavy atom. The maximum Gasteiger partial charge on any atom is 0.307 e. The SMILES string of the molecule is CCN(CCn1c(C)csc1=O)Cc1ccc2c(c1)OCO2. The molecular formula is C16H20N2O3S. The third-order valence-electron chi connectivity index (χ3n) is 3.91. The predicted octanol–water partition coefficient (Wildman–Crippen LogP) is 2.47. The van der Waals surface area contributed by atoms with Gasteiger partial charge in [-0.2, -0.15) is 0 Å². The van der Waals surface area contributed by atoms with Gasteiger partial charge in [-0.1, -0.05) is 24.3 Å². The largest absolute Gasteiger partial charge is 0.454 e. The zero-order valence-corrected chi connectivity index (χ0v) is 13.7.